The molecule has 0 bridgehead atoms. The number of nitrogen functional groups attached to an aromatic ring is 1. The normalized spacial score (nSPS) is 24.7. The van der Waals surface area contributed by atoms with Crippen LogP contribution in [0.2, 0.25) is 0 Å². The molecule has 3 heterocycles. The number of alkyl halides is 1. The zero-order valence-electron chi connectivity index (χ0n) is 22.7. The summed E-state index contributed by atoms with van der Waals surface area (Å²) in [6.07, 6.45) is -3.27. The van der Waals surface area contributed by atoms with Crippen molar-refractivity contribution >= 4 is 36.6 Å². The second-order valence-corrected chi connectivity index (χ2v) is 11.9. The second kappa shape index (κ2) is 11.9. The lowest BCUT2D eigenvalue weighted by Crippen LogP contribution is -2.37. The highest BCUT2D eigenvalue weighted by Crippen LogP contribution is 2.46. The van der Waals surface area contributed by atoms with Gasteiger partial charge in [-0.25, -0.2) is 13.9 Å². The SMILES string of the molecule is CC(C)OC(=O)[C@H](C)NP(=O)(OC[C@H]1O[C@@H](n2cnc3c(NC4CC4)nc(N)nc32)[C@H](F)[C@@H]1O)Oc1ccccc1. The molecule has 5 N–H and O–H groups in total. The van der Waals surface area contributed by atoms with E-state index in [0.717, 1.165) is 12.8 Å². The van der Waals surface area contributed by atoms with Crippen molar-refractivity contribution in [3.8, 4) is 5.75 Å². The van der Waals surface area contributed by atoms with E-state index in [0.29, 0.717) is 11.3 Å². The number of aromatic nitrogens is 4. The van der Waals surface area contributed by atoms with Crippen LogP contribution in [0.5, 0.6) is 5.75 Å². The molecule has 2 aliphatic rings. The van der Waals surface area contributed by atoms with Gasteiger partial charge in [-0.2, -0.15) is 15.1 Å². The van der Waals surface area contributed by atoms with Crippen molar-refractivity contribution in [1.82, 2.24) is 24.6 Å². The Morgan fingerprint density at radius 2 is 2.00 bits per heavy atom. The van der Waals surface area contributed by atoms with Gasteiger partial charge in [-0.15, -0.1) is 0 Å². The number of anilines is 2. The smallest absolute Gasteiger partial charge is 0.459 e. The van der Waals surface area contributed by atoms with Crippen molar-refractivity contribution in [2.75, 3.05) is 17.7 Å². The average Bonchev–Trinajstić information content (AvgIpc) is 3.57. The summed E-state index contributed by atoms with van der Waals surface area (Å²) in [5.41, 5.74) is 6.49. The highest BCUT2D eigenvalue weighted by molar-refractivity contribution is 7.52. The van der Waals surface area contributed by atoms with Crippen LogP contribution < -0.4 is 20.7 Å². The number of carbonyl (C=O) groups is 1. The largest absolute Gasteiger partial charge is 0.462 e. The van der Waals surface area contributed by atoms with Gasteiger partial charge in [0, 0.05) is 6.04 Å². The van der Waals surface area contributed by atoms with Crippen LogP contribution in [-0.4, -0.2) is 73.8 Å². The van der Waals surface area contributed by atoms with E-state index >= 15 is 4.39 Å². The van der Waals surface area contributed by atoms with Gasteiger partial charge in [0.1, 0.15) is 24.0 Å². The number of nitrogens with one attached hydrogen (secondary N) is 2. The van der Waals surface area contributed by atoms with Crippen LogP contribution in [0.3, 0.4) is 0 Å². The van der Waals surface area contributed by atoms with Crippen molar-refractivity contribution in [3.63, 3.8) is 0 Å². The van der Waals surface area contributed by atoms with Crippen molar-refractivity contribution < 1.29 is 37.4 Å². The number of carbonyl (C=O) groups excluding carboxylic acids is 1. The molecule has 1 saturated heterocycles. The van der Waals surface area contributed by atoms with E-state index in [1.807, 2.05) is 0 Å². The van der Waals surface area contributed by atoms with E-state index in [1.165, 1.54) is 17.8 Å². The highest BCUT2D eigenvalue weighted by Gasteiger charge is 2.47. The molecule has 41 heavy (non-hydrogen) atoms. The predicted octanol–water partition coefficient (Wildman–Crippen LogP) is 2.71. The maximum absolute atomic E-state index is 15.4. The number of aliphatic hydroxyl groups excluding tert-OH is 1. The van der Waals surface area contributed by atoms with Crippen LogP contribution in [0.15, 0.2) is 36.7 Å². The molecule has 1 aliphatic carbocycles. The fraction of sp³-hybridized carbons (Fsp3) is 0.520. The van der Waals surface area contributed by atoms with Crippen molar-refractivity contribution in [3.05, 3.63) is 36.7 Å². The number of imidazole rings is 1. The number of fused-ring (bicyclic) bond motifs is 1. The summed E-state index contributed by atoms with van der Waals surface area (Å²) in [4.78, 5) is 25.1. The first-order valence-corrected chi connectivity index (χ1v) is 14.8. The Labute approximate surface area is 235 Å². The first kappa shape index (κ1) is 29.1. The van der Waals surface area contributed by atoms with Gasteiger partial charge < -0.3 is 30.2 Å². The molecule has 6 atom stereocenters. The van der Waals surface area contributed by atoms with Gasteiger partial charge in [0.2, 0.25) is 5.95 Å². The molecular weight excluding hydrogens is 560 g/mol. The maximum Gasteiger partial charge on any atom is 0.459 e. The van der Waals surface area contributed by atoms with Gasteiger partial charge in [-0.3, -0.25) is 13.9 Å². The monoisotopic (exact) mass is 593 g/mol. The zero-order chi connectivity index (χ0) is 29.3. The van der Waals surface area contributed by atoms with Crippen LogP contribution in [0.25, 0.3) is 11.2 Å². The minimum Gasteiger partial charge on any atom is -0.462 e. The van der Waals surface area contributed by atoms with Gasteiger partial charge in [0.15, 0.2) is 29.4 Å². The standard InChI is InChI=1S/C25H33FN7O7P/c1-13(2)38-24(35)14(3)32-41(36,40-16-7-5-4-6-8-16)37-11-17-20(34)18(26)23(39-17)33-12-28-19-21(29-15-9-10-15)30-25(27)31-22(19)33/h4-8,12-15,17-18,20,23,34H,9-11H2,1-3H3,(H,32,36)(H3,27,29,30,31)/t14-,17+,18+,20+,23+,41?/m0/s1. The van der Waals surface area contributed by atoms with E-state index in [4.69, 9.17) is 24.3 Å². The number of nitrogens with zero attached hydrogens (tertiary/aromatic N) is 4. The fourth-order valence-corrected chi connectivity index (χ4v) is 5.71. The molecular formula is C25H33FN7O7P. The quantitative estimate of drug-likeness (QED) is 0.178. The number of esters is 1. The van der Waals surface area contributed by atoms with Crippen LogP contribution >= 0.6 is 7.75 Å². The van der Waals surface area contributed by atoms with E-state index in [9.17, 15) is 14.5 Å². The Hall–Kier alpha value is -3.36. The molecule has 16 heteroatoms. The zero-order valence-corrected chi connectivity index (χ0v) is 23.6. The van der Waals surface area contributed by atoms with Gasteiger partial charge in [-0.1, -0.05) is 18.2 Å². The minimum absolute atomic E-state index is 0.0357. The fourth-order valence-electron chi connectivity index (χ4n) is 4.21. The number of halogens is 1. The molecule has 222 valence electrons. The third-order valence-corrected chi connectivity index (χ3v) is 8.00. The number of aliphatic hydroxyl groups is 1. The van der Waals surface area contributed by atoms with Gasteiger partial charge in [-0.05, 0) is 45.7 Å². The number of ether oxygens (including phenoxy) is 2. The molecule has 0 amide bonds. The van der Waals surface area contributed by atoms with Gasteiger partial charge >= 0.3 is 13.7 Å². The first-order valence-electron chi connectivity index (χ1n) is 13.2. The number of benzene rings is 1. The molecule has 1 saturated carbocycles. The van der Waals surface area contributed by atoms with Crippen LogP contribution in [0.4, 0.5) is 16.2 Å². The maximum atomic E-state index is 15.4. The molecule has 5 rings (SSSR count). The molecule has 3 aromatic rings. The van der Waals surface area contributed by atoms with Crippen LogP contribution in [0, 0.1) is 0 Å². The minimum atomic E-state index is -4.26. The number of rotatable bonds is 12. The van der Waals surface area contributed by atoms with Gasteiger partial charge in [0.05, 0.1) is 19.0 Å². The van der Waals surface area contributed by atoms with E-state index < -0.39 is 57.1 Å². The molecule has 2 aromatic heterocycles. The average molecular weight is 594 g/mol. The van der Waals surface area contributed by atoms with E-state index in [1.54, 1.807) is 44.2 Å². The third kappa shape index (κ3) is 6.76. The summed E-state index contributed by atoms with van der Waals surface area (Å²) in [6, 6.07) is 7.34. The predicted molar refractivity (Wildman–Crippen MR) is 146 cm³/mol. The molecule has 1 unspecified atom stereocenters. The lowest BCUT2D eigenvalue weighted by Gasteiger charge is -2.25. The number of nitrogens with two attached hydrogens (primary N) is 1. The van der Waals surface area contributed by atoms with Crippen molar-refractivity contribution in [2.24, 2.45) is 0 Å². The van der Waals surface area contributed by atoms with Crippen LogP contribution in [-0.2, 0) is 23.4 Å². The molecule has 1 aromatic carbocycles. The topological polar surface area (TPSA) is 185 Å². The number of hydrogen-bond donors (Lipinski definition) is 4. The summed E-state index contributed by atoms with van der Waals surface area (Å²) in [6.45, 7) is 4.25. The first-order chi connectivity index (χ1) is 19.5. The third-order valence-electron chi connectivity index (χ3n) is 6.36. The summed E-state index contributed by atoms with van der Waals surface area (Å²) >= 11 is 0. The molecule has 2 fully saturated rings. The van der Waals surface area contributed by atoms with E-state index in [-0.39, 0.29) is 23.4 Å². The molecule has 14 nitrogen and oxygen atoms in total. The van der Waals surface area contributed by atoms with Crippen LogP contribution in [0.1, 0.15) is 39.8 Å². The Bertz CT molecular complexity index is 1420. The lowest BCUT2D eigenvalue weighted by molar-refractivity contribution is -0.149. The summed E-state index contributed by atoms with van der Waals surface area (Å²) in [5.74, 6) is -0.0887. The summed E-state index contributed by atoms with van der Waals surface area (Å²) < 4.78 is 52.6. The second-order valence-electron chi connectivity index (χ2n) is 10.2. The molecule has 0 spiro atoms. The van der Waals surface area contributed by atoms with E-state index in [2.05, 4.69) is 25.4 Å². The summed E-state index contributed by atoms with van der Waals surface area (Å²) in [5, 5.41) is 16.5. The van der Waals surface area contributed by atoms with Gasteiger partial charge in [0.25, 0.3) is 0 Å². The number of hydrogen-bond acceptors (Lipinski definition) is 12. The lowest BCUT2D eigenvalue weighted by atomic mass is 10.1. The molecule has 1 aliphatic heterocycles. The molecule has 0 radical (unpaired) electrons. The Balaban J connectivity index is 1.32. The van der Waals surface area contributed by atoms with Crippen molar-refractivity contribution in [2.45, 2.75) is 76.4 Å². The highest BCUT2D eigenvalue weighted by atomic mass is 31.2. The van der Waals surface area contributed by atoms with Crippen molar-refractivity contribution in [1.29, 1.82) is 0 Å². The Morgan fingerprint density at radius 1 is 1.27 bits per heavy atom. The Kier molecular flexibility index (Phi) is 8.43. The summed E-state index contributed by atoms with van der Waals surface area (Å²) in [7, 11) is -4.26. The number of para-hydroxylation sites is 1. The Morgan fingerprint density at radius 3 is 2.68 bits per heavy atom.